The number of Topliss-reactive ketones (excluding diaryl/α,β-unsaturated/α-hetero) is 2. The normalized spacial score (nSPS) is 47.9. The van der Waals surface area contributed by atoms with E-state index in [1.807, 2.05) is 32.3 Å². The molecule has 0 unspecified atom stereocenters. The van der Waals surface area contributed by atoms with Gasteiger partial charge in [0.05, 0.1) is 54.3 Å². The molecule has 1 aliphatic heterocycles. The van der Waals surface area contributed by atoms with Crippen molar-refractivity contribution in [1.82, 2.24) is 10.3 Å². The van der Waals surface area contributed by atoms with E-state index in [0.717, 1.165) is 31.2 Å². The summed E-state index contributed by atoms with van der Waals surface area (Å²) in [7, 11) is 0. The lowest BCUT2D eigenvalue weighted by molar-refractivity contribution is -0.183. The molecule has 0 spiro atoms. The summed E-state index contributed by atoms with van der Waals surface area (Å²) in [4.78, 5) is 44.6. The number of esters is 1. The zero-order valence-corrected chi connectivity index (χ0v) is 39.3. The lowest BCUT2D eigenvalue weighted by atomic mass is 9.45. The number of aromatic amines is 1. The molecule has 7 aliphatic carbocycles. The number of carbonyl (C=O) groups excluding carboxylic acids is 3. The van der Waals surface area contributed by atoms with E-state index in [9.17, 15) is 45.0 Å². The van der Waals surface area contributed by atoms with Gasteiger partial charge in [0, 0.05) is 47.9 Å². The Bertz CT molecular complexity index is 2150. The van der Waals surface area contributed by atoms with Crippen LogP contribution >= 0.6 is 0 Å². The van der Waals surface area contributed by atoms with Crippen LogP contribution in [-0.2, 0) is 19.1 Å². The molecule has 1 saturated heterocycles. The number of ether oxygens (including phenoxy) is 1. The topological polar surface area (TPSA) is 210 Å². The number of aliphatic hydroxyl groups is 6. The van der Waals surface area contributed by atoms with Crippen molar-refractivity contribution >= 4 is 17.5 Å². The highest BCUT2D eigenvalue weighted by Gasteiger charge is 2.73. The Balaban J connectivity index is 1.18. The minimum atomic E-state index is -1.74. The molecular weight excluding hydrogens is 825 g/mol. The lowest BCUT2D eigenvalue weighted by Crippen LogP contribution is -2.65. The molecule has 20 atom stereocenters. The fourth-order valence-electron chi connectivity index (χ4n) is 16.1. The summed E-state index contributed by atoms with van der Waals surface area (Å²) in [5.41, 5.74) is -2.46. The number of hydrogen-bond acceptors (Lipinski definition) is 11. The zero-order valence-electron chi connectivity index (χ0n) is 39.3. The number of rotatable bonds is 6. The molecule has 65 heavy (non-hydrogen) atoms. The Kier molecular flexibility index (Phi) is 12.3. The number of fused-ring (bicyclic) bond motifs is 10. The number of allylic oxidation sites excluding steroid dienone is 3. The predicted molar refractivity (Wildman–Crippen MR) is 242 cm³/mol. The molecule has 0 aromatic carbocycles. The maximum absolute atomic E-state index is 15.0. The van der Waals surface area contributed by atoms with Gasteiger partial charge in [-0.2, -0.15) is 0 Å². The summed E-state index contributed by atoms with van der Waals surface area (Å²) in [6.45, 7) is 11.2. The molecule has 8 N–H and O–H groups in total. The third kappa shape index (κ3) is 7.43. The van der Waals surface area contributed by atoms with Crippen molar-refractivity contribution < 1.29 is 49.8 Å². The monoisotopic (exact) mass is 899 g/mol. The largest absolute Gasteiger partial charge is 0.465 e. The highest BCUT2D eigenvalue weighted by Crippen LogP contribution is 2.71. The number of aromatic nitrogens is 1. The van der Waals surface area contributed by atoms with Crippen molar-refractivity contribution in [1.29, 1.82) is 0 Å². The molecule has 9 rings (SSSR count). The number of H-pyrrole nitrogens is 1. The molecule has 5 fully saturated rings. The van der Waals surface area contributed by atoms with Gasteiger partial charge in [0.1, 0.15) is 6.04 Å². The van der Waals surface area contributed by atoms with Gasteiger partial charge in [-0.25, -0.2) is 0 Å². The van der Waals surface area contributed by atoms with Gasteiger partial charge in [-0.05, 0) is 149 Å². The van der Waals surface area contributed by atoms with Crippen molar-refractivity contribution in [2.45, 2.75) is 160 Å². The Hall–Kier alpha value is -3.31. The molecule has 8 aliphatic rings. The van der Waals surface area contributed by atoms with Gasteiger partial charge < -0.3 is 45.7 Å². The maximum Gasteiger partial charge on any atom is 0.313 e. The SMILES string of the molecule is CC(=O)[C@H](CO)NC1=C2[C@H](CC[C@]3(C)[C@@H]4[C@@H](CC#C[C@H]([C@@H]5COC(=O)[C@H]5c5cc[nH]c5)C[C@@H]5[C@@H](CC=C6CC[C@H](C)C[C@H]65)[C@H](C)C[C@@H](O)[C@]4(C)O)C[C@@]23O)[C@@]2(C)C[C@H](O)[C@H](O)C[C@H]2C1=O. The van der Waals surface area contributed by atoms with Crippen molar-refractivity contribution in [2.75, 3.05) is 13.2 Å². The summed E-state index contributed by atoms with van der Waals surface area (Å²) >= 11 is 0. The number of aliphatic hydroxyl groups excluding tert-OH is 4. The van der Waals surface area contributed by atoms with Crippen LogP contribution in [-0.4, -0.2) is 102 Å². The van der Waals surface area contributed by atoms with Crippen LogP contribution < -0.4 is 5.32 Å². The molecule has 0 bridgehead atoms. The van der Waals surface area contributed by atoms with E-state index < -0.39 is 82.6 Å². The third-order valence-corrected chi connectivity index (χ3v) is 19.6. The van der Waals surface area contributed by atoms with Crippen LogP contribution in [0.2, 0.25) is 0 Å². The fourth-order valence-corrected chi connectivity index (χ4v) is 16.1. The van der Waals surface area contributed by atoms with Gasteiger partial charge in [0.15, 0.2) is 11.6 Å². The van der Waals surface area contributed by atoms with Gasteiger partial charge >= 0.3 is 5.97 Å². The van der Waals surface area contributed by atoms with Crippen molar-refractivity contribution in [3.63, 3.8) is 0 Å². The number of hydrogen-bond donors (Lipinski definition) is 8. The van der Waals surface area contributed by atoms with E-state index in [2.05, 4.69) is 42.1 Å². The number of ketones is 2. The van der Waals surface area contributed by atoms with Crippen molar-refractivity contribution in [2.24, 2.45) is 75.9 Å². The molecule has 1 aromatic heterocycles. The van der Waals surface area contributed by atoms with Crippen LogP contribution in [0, 0.1) is 87.8 Å². The standard InChI is InChI=1S/C53H74N2O10/c1-27-10-11-30-12-13-34-28(2)19-43(60)52(6,63)48-32(9-7-8-31(20-36(34)35(30)18-27)37-26-65-49(62)44(37)33-15-17-54-24-33)22-53(64)45-38(14-16-51(48,53)5)50(4)23-42(59)41(58)21-39(50)47(61)46(45)55-40(25-56)29(3)57/h12,15,17,24,27-28,31-32,34-44,48,54-56,58-60,63-64H,9-11,13-14,16,18-23,25-26H2,1-6H3/t27-,28+,31-,32-,34-,35+,36+,37-,38-,39-,40-,41+,42-,43+,44-,48-,50+,51+,52-,53+/m0/s1. The molecule has 12 heteroatoms. The van der Waals surface area contributed by atoms with Crippen molar-refractivity contribution in [3.05, 3.63) is 46.9 Å². The Labute approximate surface area is 384 Å². The van der Waals surface area contributed by atoms with Crippen LogP contribution in [0.5, 0.6) is 0 Å². The molecular formula is C53H74N2O10. The second-order valence-corrected chi connectivity index (χ2v) is 23.2. The second kappa shape index (κ2) is 17.0. The molecule has 356 valence electrons. The Morgan fingerprint density at radius 3 is 2.46 bits per heavy atom. The summed E-state index contributed by atoms with van der Waals surface area (Å²) in [6.07, 6.45) is 9.60. The first-order valence-corrected chi connectivity index (χ1v) is 24.9. The second-order valence-electron chi connectivity index (χ2n) is 23.2. The number of cyclic esters (lactones) is 1. The molecule has 0 amide bonds. The van der Waals surface area contributed by atoms with Gasteiger partial charge in [-0.15, -0.1) is 5.92 Å². The highest BCUT2D eigenvalue weighted by molar-refractivity contribution is 6.00. The summed E-state index contributed by atoms with van der Waals surface area (Å²) in [6, 6.07) is 0.823. The minimum Gasteiger partial charge on any atom is -0.465 e. The number of nitrogens with one attached hydrogen (secondary N) is 2. The van der Waals surface area contributed by atoms with Gasteiger partial charge in [0.2, 0.25) is 0 Å². The lowest BCUT2D eigenvalue weighted by Gasteiger charge is -2.61. The minimum absolute atomic E-state index is 0.0107. The van der Waals surface area contributed by atoms with Gasteiger partial charge in [-0.1, -0.05) is 45.3 Å². The van der Waals surface area contributed by atoms with Crippen molar-refractivity contribution in [3.8, 4) is 11.8 Å². The molecule has 1 aromatic rings. The van der Waals surface area contributed by atoms with E-state index in [-0.39, 0.29) is 85.1 Å². The van der Waals surface area contributed by atoms with Crippen LogP contribution in [0.3, 0.4) is 0 Å². The van der Waals surface area contributed by atoms with E-state index in [1.54, 1.807) is 6.92 Å². The molecule has 2 heterocycles. The van der Waals surface area contributed by atoms with E-state index >= 15 is 0 Å². The van der Waals surface area contributed by atoms with Crippen LogP contribution in [0.25, 0.3) is 0 Å². The summed E-state index contributed by atoms with van der Waals surface area (Å²) in [5.74, 6) is 4.65. The van der Waals surface area contributed by atoms with Crippen LogP contribution in [0.1, 0.15) is 130 Å². The van der Waals surface area contributed by atoms with Crippen LogP contribution in [0.15, 0.2) is 41.4 Å². The Morgan fingerprint density at radius 1 is 0.985 bits per heavy atom. The average Bonchev–Trinajstić information content (AvgIpc) is 3.97. The van der Waals surface area contributed by atoms with E-state index in [0.29, 0.717) is 36.7 Å². The molecule has 4 saturated carbocycles. The molecule has 0 radical (unpaired) electrons. The number of carbonyl (C=O) groups is 3. The summed E-state index contributed by atoms with van der Waals surface area (Å²) in [5, 5.41) is 75.2. The van der Waals surface area contributed by atoms with Crippen LogP contribution in [0.4, 0.5) is 0 Å². The average molecular weight is 899 g/mol. The first-order valence-electron chi connectivity index (χ1n) is 24.9. The predicted octanol–water partition coefficient (Wildman–Crippen LogP) is 5.12. The smallest absolute Gasteiger partial charge is 0.313 e. The zero-order chi connectivity index (χ0) is 46.5. The third-order valence-electron chi connectivity index (χ3n) is 19.6. The van der Waals surface area contributed by atoms with E-state index in [1.165, 1.54) is 18.9 Å². The van der Waals surface area contributed by atoms with Gasteiger partial charge in [-0.3, -0.25) is 14.4 Å². The first kappa shape index (κ1) is 46.8. The fraction of sp³-hybridized carbons (Fsp3) is 0.755. The quantitative estimate of drug-likeness (QED) is 0.107. The Morgan fingerprint density at radius 2 is 1.75 bits per heavy atom. The first-order chi connectivity index (χ1) is 30.7. The highest BCUT2D eigenvalue weighted by atomic mass is 16.5. The maximum atomic E-state index is 15.0. The molecule has 12 nitrogen and oxygen atoms in total. The van der Waals surface area contributed by atoms with Gasteiger partial charge in [0.25, 0.3) is 0 Å². The summed E-state index contributed by atoms with van der Waals surface area (Å²) < 4.78 is 5.87. The van der Waals surface area contributed by atoms with E-state index in [4.69, 9.17) is 4.74 Å².